The second kappa shape index (κ2) is 11.8. The van der Waals surface area contributed by atoms with Crippen molar-refractivity contribution in [3.63, 3.8) is 0 Å². The van der Waals surface area contributed by atoms with Crippen molar-refractivity contribution in [2.75, 3.05) is 4.90 Å². The maximum atomic E-state index is 7.19. The Morgan fingerprint density at radius 2 is 0.981 bits per heavy atom. The van der Waals surface area contributed by atoms with Crippen LogP contribution in [0.15, 0.2) is 186 Å². The Balaban J connectivity index is 1.15. The first-order valence-electron chi connectivity index (χ1n) is 18.0. The molecule has 11 rings (SSSR count). The van der Waals surface area contributed by atoms with Crippen LogP contribution in [0, 0.1) is 0 Å². The van der Waals surface area contributed by atoms with Gasteiger partial charge in [0.05, 0.1) is 0 Å². The van der Waals surface area contributed by atoms with Gasteiger partial charge in [0.25, 0.3) is 6.71 Å². The van der Waals surface area contributed by atoms with Crippen LogP contribution in [-0.2, 0) is 0 Å². The zero-order chi connectivity index (χ0) is 34.9. The van der Waals surface area contributed by atoms with Crippen molar-refractivity contribution in [3.8, 4) is 45.3 Å². The Bertz CT molecular complexity index is 2800. The Morgan fingerprint density at radius 1 is 0.415 bits per heavy atom. The van der Waals surface area contributed by atoms with E-state index in [1.165, 1.54) is 0 Å². The summed E-state index contributed by atoms with van der Waals surface area (Å²) in [5, 5.41) is 2.06. The minimum absolute atomic E-state index is 0.125. The lowest BCUT2D eigenvalue weighted by atomic mass is 9.34. The summed E-state index contributed by atoms with van der Waals surface area (Å²) in [6.07, 6.45) is 0. The molecule has 248 valence electrons. The highest BCUT2D eigenvalue weighted by atomic mass is 16.5. The van der Waals surface area contributed by atoms with Gasteiger partial charge in [-0.2, -0.15) is 0 Å². The minimum Gasteiger partial charge on any atom is -0.458 e. The molecule has 0 atom stereocenters. The predicted octanol–water partition coefficient (Wildman–Crippen LogP) is 11.1. The molecule has 2 aliphatic heterocycles. The predicted molar refractivity (Wildman–Crippen MR) is 217 cm³/mol. The van der Waals surface area contributed by atoms with Gasteiger partial charge in [-0.3, -0.25) is 0 Å². The number of ether oxygens (including phenoxy) is 2. The summed E-state index contributed by atoms with van der Waals surface area (Å²) in [6, 6.07) is 63.4. The summed E-state index contributed by atoms with van der Waals surface area (Å²) in [5.74, 6) is 3.22. The second-order valence-electron chi connectivity index (χ2n) is 13.6. The van der Waals surface area contributed by atoms with Crippen molar-refractivity contribution >= 4 is 62.1 Å². The fourth-order valence-corrected chi connectivity index (χ4v) is 8.21. The van der Waals surface area contributed by atoms with Gasteiger partial charge in [0.1, 0.15) is 22.8 Å². The Morgan fingerprint density at radius 3 is 1.64 bits per heavy atom. The molecule has 0 saturated carbocycles. The van der Waals surface area contributed by atoms with Crippen molar-refractivity contribution in [3.05, 3.63) is 182 Å². The molecule has 8 aromatic carbocycles. The lowest BCUT2D eigenvalue weighted by Gasteiger charge is -2.35. The smallest absolute Gasteiger partial charge is 0.260 e. The molecule has 0 N–H and O–H groups in total. The van der Waals surface area contributed by atoms with Crippen molar-refractivity contribution in [2.24, 2.45) is 0 Å². The highest BCUT2D eigenvalue weighted by Crippen LogP contribution is 2.48. The maximum Gasteiger partial charge on any atom is 0.260 e. The molecular formula is C48H30BNO3. The molecule has 0 saturated heterocycles. The summed E-state index contributed by atoms with van der Waals surface area (Å²) in [4.78, 5) is 2.26. The maximum absolute atomic E-state index is 7.19. The van der Waals surface area contributed by atoms with E-state index in [2.05, 4.69) is 157 Å². The van der Waals surface area contributed by atoms with Gasteiger partial charge < -0.3 is 18.8 Å². The van der Waals surface area contributed by atoms with E-state index in [0.717, 1.165) is 101 Å². The van der Waals surface area contributed by atoms with Gasteiger partial charge in [-0.05, 0) is 70.6 Å². The first-order chi connectivity index (χ1) is 26.3. The molecule has 53 heavy (non-hydrogen) atoms. The van der Waals surface area contributed by atoms with Gasteiger partial charge in [-0.25, -0.2) is 0 Å². The molecule has 0 radical (unpaired) electrons. The second-order valence-corrected chi connectivity index (χ2v) is 13.6. The van der Waals surface area contributed by atoms with Crippen molar-refractivity contribution in [1.29, 1.82) is 0 Å². The van der Waals surface area contributed by atoms with Crippen LogP contribution in [0.25, 0.3) is 44.2 Å². The van der Waals surface area contributed by atoms with Crippen LogP contribution >= 0.6 is 0 Å². The standard InChI is InChI=1S/C48H30BNO3/c1-5-15-31(16-6-1)38-30-39(32-17-7-2-8-18-32)46-44-45(38)51-42-24-14-13-23-40(42)49(44)41-28-27-37-36-26-25-35(29-43(36)52-47(37)48(41)53-46)50(33-19-9-3-10-20-33)34-21-11-4-12-22-34/h1-30H. The van der Waals surface area contributed by atoms with Gasteiger partial charge in [0, 0.05) is 50.5 Å². The molecule has 0 aliphatic carbocycles. The monoisotopic (exact) mass is 679 g/mol. The largest absolute Gasteiger partial charge is 0.458 e. The highest BCUT2D eigenvalue weighted by molar-refractivity contribution is 6.98. The molecule has 0 amide bonds. The first-order valence-corrected chi connectivity index (χ1v) is 18.0. The molecule has 2 aliphatic rings. The number of para-hydroxylation sites is 3. The summed E-state index contributed by atoms with van der Waals surface area (Å²) < 4.78 is 21.0. The third kappa shape index (κ3) is 4.64. The summed E-state index contributed by atoms with van der Waals surface area (Å²) >= 11 is 0. The molecule has 1 aromatic heterocycles. The van der Waals surface area contributed by atoms with Crippen LogP contribution in [0.4, 0.5) is 17.1 Å². The van der Waals surface area contributed by atoms with E-state index >= 15 is 0 Å². The number of furan rings is 1. The molecule has 9 aromatic rings. The third-order valence-corrected chi connectivity index (χ3v) is 10.6. The number of rotatable bonds is 5. The molecule has 0 unspecified atom stereocenters. The fraction of sp³-hybridized carbons (Fsp3) is 0. The van der Waals surface area contributed by atoms with Gasteiger partial charge in [-0.15, -0.1) is 0 Å². The van der Waals surface area contributed by atoms with Crippen molar-refractivity contribution in [1.82, 2.24) is 0 Å². The lowest BCUT2D eigenvalue weighted by molar-refractivity contribution is 0.464. The summed E-state index contributed by atoms with van der Waals surface area (Å²) in [6.45, 7) is -0.125. The average molecular weight is 680 g/mol. The molecule has 0 bridgehead atoms. The molecule has 4 nitrogen and oxygen atoms in total. The zero-order valence-corrected chi connectivity index (χ0v) is 28.6. The Kier molecular flexibility index (Phi) is 6.61. The number of hydrogen-bond donors (Lipinski definition) is 0. The van der Waals surface area contributed by atoms with Crippen molar-refractivity contribution in [2.45, 2.75) is 0 Å². The lowest BCUT2D eigenvalue weighted by Crippen LogP contribution is -2.57. The number of fused-ring (bicyclic) bond motifs is 8. The number of hydrogen-bond acceptors (Lipinski definition) is 4. The van der Waals surface area contributed by atoms with E-state index in [0.29, 0.717) is 0 Å². The van der Waals surface area contributed by atoms with Gasteiger partial charge in [0.2, 0.25) is 0 Å². The van der Waals surface area contributed by atoms with E-state index < -0.39 is 0 Å². The van der Waals surface area contributed by atoms with Crippen molar-refractivity contribution < 1.29 is 13.9 Å². The molecule has 0 spiro atoms. The van der Waals surface area contributed by atoms with E-state index in [4.69, 9.17) is 13.9 Å². The van der Waals surface area contributed by atoms with Crippen LogP contribution in [0.2, 0.25) is 0 Å². The van der Waals surface area contributed by atoms with Crippen LogP contribution in [0.3, 0.4) is 0 Å². The van der Waals surface area contributed by atoms with Crippen LogP contribution in [0.1, 0.15) is 0 Å². The number of anilines is 3. The van der Waals surface area contributed by atoms with E-state index in [1.54, 1.807) is 0 Å². The SMILES string of the molecule is c1ccc(-c2cc(-c3ccccc3)c3c4c2Oc2ccccc2B4c2ccc4c(oc5cc(N(c6ccccc6)c6ccccc6)ccc54)c2O3)cc1. The molecule has 3 heterocycles. The Hall–Kier alpha value is -6.98. The molecule has 0 fully saturated rings. The van der Waals surface area contributed by atoms with Crippen LogP contribution < -0.4 is 30.8 Å². The average Bonchev–Trinajstić information content (AvgIpc) is 3.61. The van der Waals surface area contributed by atoms with E-state index in [9.17, 15) is 0 Å². The first kappa shape index (κ1) is 29.7. The van der Waals surface area contributed by atoms with E-state index in [-0.39, 0.29) is 6.71 Å². The summed E-state index contributed by atoms with van der Waals surface area (Å²) in [7, 11) is 0. The fourth-order valence-electron chi connectivity index (χ4n) is 8.21. The third-order valence-electron chi connectivity index (χ3n) is 10.6. The number of benzene rings is 8. The van der Waals surface area contributed by atoms with Crippen LogP contribution in [0.5, 0.6) is 23.0 Å². The van der Waals surface area contributed by atoms with Gasteiger partial charge in [0.15, 0.2) is 11.3 Å². The number of nitrogens with zero attached hydrogens (tertiary/aromatic N) is 1. The Labute approximate surface area is 307 Å². The molecule has 5 heteroatoms. The molecular weight excluding hydrogens is 649 g/mol. The quantitative estimate of drug-likeness (QED) is 0.170. The van der Waals surface area contributed by atoms with E-state index in [1.807, 2.05) is 30.3 Å². The normalized spacial score (nSPS) is 12.4. The minimum atomic E-state index is -0.125. The van der Waals surface area contributed by atoms with Crippen LogP contribution in [-0.4, -0.2) is 6.71 Å². The van der Waals surface area contributed by atoms with Gasteiger partial charge >= 0.3 is 0 Å². The topological polar surface area (TPSA) is 34.8 Å². The highest BCUT2D eigenvalue weighted by Gasteiger charge is 2.43. The zero-order valence-electron chi connectivity index (χ0n) is 28.6. The summed E-state index contributed by atoms with van der Waals surface area (Å²) in [5.41, 5.74) is 12.1. The van der Waals surface area contributed by atoms with Gasteiger partial charge in [-0.1, -0.05) is 127 Å².